The van der Waals surface area contributed by atoms with Gasteiger partial charge in [0, 0.05) is 19.0 Å². The quantitative estimate of drug-likeness (QED) is 0.497. The van der Waals surface area contributed by atoms with Gasteiger partial charge in [-0.15, -0.1) is 0 Å². The van der Waals surface area contributed by atoms with Crippen LogP contribution in [0.2, 0.25) is 0 Å². The number of ether oxygens (including phenoxy) is 1. The SMILES string of the molecule is CCC(=O)[C@H]1O[C@@H](CNC(C)C)[C@H](O)[C@@H](O)[C@@H]1O. The zero-order valence-electron chi connectivity index (χ0n) is 11.0. The molecule has 0 aromatic rings. The van der Waals surface area contributed by atoms with Gasteiger partial charge in [-0.25, -0.2) is 0 Å². The molecule has 0 radical (unpaired) electrons. The van der Waals surface area contributed by atoms with Gasteiger partial charge in [-0.1, -0.05) is 20.8 Å². The standard InChI is InChI=1S/C12H23NO5/c1-4-7(14)12-11(17)10(16)9(15)8(18-12)5-13-6(2)3/h6,8-13,15-17H,4-5H2,1-3H3/t8-,9-,10+,11-,12+/m0/s1. The van der Waals surface area contributed by atoms with E-state index in [9.17, 15) is 20.1 Å². The van der Waals surface area contributed by atoms with Crippen LogP contribution in [0.5, 0.6) is 0 Å². The first kappa shape index (κ1) is 15.5. The smallest absolute Gasteiger partial charge is 0.164 e. The van der Waals surface area contributed by atoms with Crippen LogP contribution in [-0.2, 0) is 9.53 Å². The third kappa shape index (κ3) is 3.49. The number of Topliss-reactive ketones (excluding diaryl/α,β-unsaturated/α-hetero) is 1. The maximum Gasteiger partial charge on any atom is 0.164 e. The lowest BCUT2D eigenvalue weighted by atomic mass is 9.92. The molecular weight excluding hydrogens is 238 g/mol. The van der Waals surface area contributed by atoms with Crippen molar-refractivity contribution < 1.29 is 24.9 Å². The Labute approximate surface area is 107 Å². The highest BCUT2D eigenvalue weighted by molar-refractivity contribution is 5.83. The normalized spacial score (nSPS) is 36.9. The van der Waals surface area contributed by atoms with Gasteiger partial charge in [0.15, 0.2) is 5.78 Å². The molecular formula is C12H23NO5. The van der Waals surface area contributed by atoms with E-state index in [2.05, 4.69) is 5.32 Å². The minimum absolute atomic E-state index is 0.199. The number of aliphatic hydroxyl groups excluding tert-OH is 3. The van der Waals surface area contributed by atoms with Crippen molar-refractivity contribution >= 4 is 5.78 Å². The number of aliphatic hydroxyl groups is 3. The van der Waals surface area contributed by atoms with E-state index in [0.717, 1.165) is 0 Å². The van der Waals surface area contributed by atoms with Crippen molar-refractivity contribution in [2.75, 3.05) is 6.54 Å². The Bertz CT molecular complexity index is 284. The molecule has 1 fully saturated rings. The number of nitrogens with one attached hydrogen (secondary N) is 1. The van der Waals surface area contributed by atoms with Crippen LogP contribution in [0.15, 0.2) is 0 Å². The number of carbonyl (C=O) groups excluding carboxylic acids is 1. The summed E-state index contributed by atoms with van der Waals surface area (Å²) in [7, 11) is 0. The fourth-order valence-electron chi connectivity index (χ4n) is 1.94. The van der Waals surface area contributed by atoms with Gasteiger partial charge in [0.1, 0.15) is 24.4 Å². The molecule has 1 heterocycles. The summed E-state index contributed by atoms with van der Waals surface area (Å²) in [5, 5.41) is 32.3. The summed E-state index contributed by atoms with van der Waals surface area (Å²) in [5.41, 5.74) is 0. The van der Waals surface area contributed by atoms with Gasteiger partial charge in [0.2, 0.25) is 0 Å². The molecule has 0 aliphatic carbocycles. The second kappa shape index (κ2) is 6.58. The molecule has 0 unspecified atom stereocenters. The summed E-state index contributed by atoms with van der Waals surface area (Å²) in [6.45, 7) is 5.86. The number of rotatable bonds is 5. The van der Waals surface area contributed by atoms with Crippen LogP contribution in [0.1, 0.15) is 27.2 Å². The highest BCUT2D eigenvalue weighted by Crippen LogP contribution is 2.22. The van der Waals surface area contributed by atoms with Crippen molar-refractivity contribution in [1.29, 1.82) is 0 Å². The van der Waals surface area contributed by atoms with E-state index >= 15 is 0 Å². The molecule has 4 N–H and O–H groups in total. The van der Waals surface area contributed by atoms with Crippen LogP contribution >= 0.6 is 0 Å². The van der Waals surface area contributed by atoms with E-state index < -0.39 is 30.5 Å². The van der Waals surface area contributed by atoms with Crippen molar-refractivity contribution in [2.24, 2.45) is 0 Å². The Kier molecular flexibility index (Phi) is 5.68. The minimum atomic E-state index is -1.37. The molecule has 0 saturated carbocycles. The molecule has 6 heteroatoms. The fraction of sp³-hybridized carbons (Fsp3) is 0.917. The van der Waals surface area contributed by atoms with E-state index in [1.165, 1.54) is 0 Å². The van der Waals surface area contributed by atoms with Crippen LogP contribution in [0.3, 0.4) is 0 Å². The number of carbonyl (C=O) groups is 1. The van der Waals surface area contributed by atoms with E-state index in [1.54, 1.807) is 6.92 Å². The second-order valence-corrected chi connectivity index (χ2v) is 4.95. The molecule has 0 spiro atoms. The van der Waals surface area contributed by atoms with Crippen molar-refractivity contribution in [2.45, 2.75) is 63.8 Å². The second-order valence-electron chi connectivity index (χ2n) is 4.95. The zero-order valence-corrected chi connectivity index (χ0v) is 11.0. The van der Waals surface area contributed by atoms with Gasteiger partial charge in [0.05, 0.1) is 6.10 Å². The predicted molar refractivity (Wildman–Crippen MR) is 65.1 cm³/mol. The van der Waals surface area contributed by atoms with Gasteiger partial charge in [-0.05, 0) is 0 Å². The average Bonchev–Trinajstić information content (AvgIpc) is 2.34. The first-order chi connectivity index (χ1) is 8.38. The highest BCUT2D eigenvalue weighted by Gasteiger charge is 2.45. The minimum Gasteiger partial charge on any atom is -0.388 e. The maximum atomic E-state index is 11.6. The van der Waals surface area contributed by atoms with E-state index in [1.807, 2.05) is 13.8 Å². The fourth-order valence-corrected chi connectivity index (χ4v) is 1.94. The Morgan fingerprint density at radius 2 is 1.83 bits per heavy atom. The molecule has 18 heavy (non-hydrogen) atoms. The zero-order chi connectivity index (χ0) is 13.9. The van der Waals surface area contributed by atoms with Crippen LogP contribution in [0, 0.1) is 0 Å². The van der Waals surface area contributed by atoms with E-state index in [4.69, 9.17) is 4.74 Å². The maximum absolute atomic E-state index is 11.6. The van der Waals surface area contributed by atoms with Crippen molar-refractivity contribution in [3.05, 3.63) is 0 Å². The molecule has 1 rings (SSSR count). The van der Waals surface area contributed by atoms with E-state index in [-0.39, 0.29) is 18.2 Å². The topological polar surface area (TPSA) is 99.0 Å². The summed E-state index contributed by atoms with van der Waals surface area (Å²) >= 11 is 0. The first-order valence-corrected chi connectivity index (χ1v) is 6.34. The molecule has 0 amide bonds. The molecule has 1 aliphatic heterocycles. The molecule has 6 nitrogen and oxygen atoms in total. The summed E-state index contributed by atoms with van der Waals surface area (Å²) < 4.78 is 5.41. The molecule has 0 aromatic heterocycles. The van der Waals surface area contributed by atoms with E-state index in [0.29, 0.717) is 6.54 Å². The monoisotopic (exact) mass is 261 g/mol. The first-order valence-electron chi connectivity index (χ1n) is 6.34. The Hall–Kier alpha value is -0.530. The number of ketones is 1. The molecule has 106 valence electrons. The molecule has 1 aliphatic rings. The lowest BCUT2D eigenvalue weighted by Crippen LogP contribution is -2.61. The third-order valence-corrected chi connectivity index (χ3v) is 3.11. The molecule has 0 bridgehead atoms. The summed E-state index contributed by atoms with van der Waals surface area (Å²) in [6.07, 6.45) is -5.48. The number of hydrogen-bond donors (Lipinski definition) is 4. The van der Waals surface area contributed by atoms with Gasteiger partial charge in [-0.2, -0.15) is 0 Å². The summed E-state index contributed by atoms with van der Waals surface area (Å²) in [4.78, 5) is 11.6. The Morgan fingerprint density at radius 1 is 1.22 bits per heavy atom. The van der Waals surface area contributed by atoms with Crippen molar-refractivity contribution in [3.63, 3.8) is 0 Å². The van der Waals surface area contributed by atoms with Gasteiger partial charge >= 0.3 is 0 Å². The average molecular weight is 261 g/mol. The summed E-state index contributed by atoms with van der Waals surface area (Å²) in [5.74, 6) is -0.275. The van der Waals surface area contributed by atoms with Crippen molar-refractivity contribution in [3.8, 4) is 0 Å². The highest BCUT2D eigenvalue weighted by atomic mass is 16.5. The number of hydrogen-bond acceptors (Lipinski definition) is 6. The van der Waals surface area contributed by atoms with Crippen LogP contribution in [0.4, 0.5) is 0 Å². The summed E-state index contributed by atoms with van der Waals surface area (Å²) in [6, 6.07) is 0.199. The molecule has 0 aromatic carbocycles. The molecule has 1 saturated heterocycles. The third-order valence-electron chi connectivity index (χ3n) is 3.11. The Morgan fingerprint density at radius 3 is 2.33 bits per heavy atom. The lowest BCUT2D eigenvalue weighted by molar-refractivity contribution is -0.218. The van der Waals surface area contributed by atoms with Crippen LogP contribution in [0.25, 0.3) is 0 Å². The van der Waals surface area contributed by atoms with Crippen LogP contribution < -0.4 is 5.32 Å². The molecule has 5 atom stereocenters. The van der Waals surface area contributed by atoms with Crippen molar-refractivity contribution in [1.82, 2.24) is 5.32 Å². The van der Waals surface area contributed by atoms with Gasteiger partial charge < -0.3 is 25.4 Å². The predicted octanol–water partition coefficient (Wildman–Crippen LogP) is -1.19. The van der Waals surface area contributed by atoms with Gasteiger partial charge in [0.25, 0.3) is 0 Å². The lowest BCUT2D eigenvalue weighted by Gasteiger charge is -2.40. The van der Waals surface area contributed by atoms with Gasteiger partial charge in [-0.3, -0.25) is 4.79 Å². The Balaban J connectivity index is 2.71. The largest absolute Gasteiger partial charge is 0.388 e. The van der Waals surface area contributed by atoms with Crippen LogP contribution in [-0.4, -0.2) is 64.2 Å².